The number of hydrogen-bond acceptors (Lipinski definition) is 1. The molecular formula is C7H7NO2. The quantitative estimate of drug-likeness (QED) is 0.619. The van der Waals surface area contributed by atoms with E-state index in [1.54, 1.807) is 17.0 Å². The first-order valence-corrected chi connectivity index (χ1v) is 2.82. The van der Waals surface area contributed by atoms with Gasteiger partial charge in [0, 0.05) is 24.7 Å². The Morgan fingerprint density at radius 2 is 2.00 bits per heavy atom. The minimum Gasteiger partial charge on any atom is -0.478 e. The van der Waals surface area contributed by atoms with Gasteiger partial charge in [-0.1, -0.05) is 0 Å². The molecule has 1 heterocycles. The minimum absolute atomic E-state index is 0.936. The molecule has 0 aliphatic heterocycles. The highest BCUT2D eigenvalue weighted by Gasteiger charge is 1.84. The molecule has 0 amide bonds. The number of aromatic nitrogens is 1. The summed E-state index contributed by atoms with van der Waals surface area (Å²) in [5, 5.41) is 8.21. The van der Waals surface area contributed by atoms with Crippen LogP contribution in [0.15, 0.2) is 30.6 Å². The summed E-state index contributed by atoms with van der Waals surface area (Å²) in [5.74, 6) is -0.936. The van der Waals surface area contributed by atoms with Crippen LogP contribution >= 0.6 is 0 Å². The number of hydrogen-bond donors (Lipinski definition) is 1. The molecule has 10 heavy (non-hydrogen) atoms. The maximum Gasteiger partial charge on any atom is 0.329 e. The number of aliphatic carboxylic acids is 1. The standard InChI is InChI=1S/C7H7NO2/c9-7(10)3-6-8-4-1-2-5-8/h1-6H,(H,9,10)/b6-3+. The predicted octanol–water partition coefficient (Wildman–Crippen LogP) is 1.04. The zero-order chi connectivity index (χ0) is 7.40. The fraction of sp³-hybridized carbons (Fsp3) is 0. The average molecular weight is 137 g/mol. The number of carboxylic acid groups (broad SMARTS) is 1. The summed E-state index contributed by atoms with van der Waals surface area (Å²) in [6, 6.07) is 3.65. The molecule has 1 rings (SSSR count). The molecule has 3 heteroatoms. The zero-order valence-corrected chi connectivity index (χ0v) is 5.27. The molecule has 1 aromatic heterocycles. The Bertz CT molecular complexity index is 236. The van der Waals surface area contributed by atoms with Crippen LogP contribution in [0.25, 0.3) is 6.20 Å². The van der Waals surface area contributed by atoms with Crippen LogP contribution in [0, 0.1) is 0 Å². The van der Waals surface area contributed by atoms with Crippen LogP contribution in [-0.4, -0.2) is 15.6 Å². The monoisotopic (exact) mass is 137 g/mol. The number of nitrogens with zero attached hydrogens (tertiary/aromatic N) is 1. The Balaban J connectivity index is 2.64. The molecule has 0 bridgehead atoms. The first-order valence-electron chi connectivity index (χ1n) is 2.82. The van der Waals surface area contributed by atoms with Crippen LogP contribution in [0.5, 0.6) is 0 Å². The molecule has 0 spiro atoms. The SMILES string of the molecule is O=C(O)/C=C/n1cccc1. The highest BCUT2D eigenvalue weighted by molar-refractivity contribution is 5.82. The molecule has 0 aromatic carbocycles. The Morgan fingerprint density at radius 3 is 2.50 bits per heavy atom. The van der Waals surface area contributed by atoms with Crippen molar-refractivity contribution in [2.45, 2.75) is 0 Å². The van der Waals surface area contributed by atoms with Gasteiger partial charge < -0.3 is 9.67 Å². The van der Waals surface area contributed by atoms with Gasteiger partial charge in [-0.2, -0.15) is 0 Å². The molecule has 0 aliphatic carbocycles. The van der Waals surface area contributed by atoms with Crippen molar-refractivity contribution in [3.8, 4) is 0 Å². The molecule has 0 radical (unpaired) electrons. The second kappa shape index (κ2) is 2.87. The van der Waals surface area contributed by atoms with Gasteiger partial charge in [-0.15, -0.1) is 0 Å². The second-order valence-electron chi connectivity index (χ2n) is 1.78. The van der Waals surface area contributed by atoms with Crippen molar-refractivity contribution >= 4 is 12.2 Å². The van der Waals surface area contributed by atoms with Crippen molar-refractivity contribution in [1.82, 2.24) is 4.57 Å². The normalized spacial score (nSPS) is 10.4. The van der Waals surface area contributed by atoms with Gasteiger partial charge in [-0.3, -0.25) is 0 Å². The van der Waals surface area contributed by atoms with Gasteiger partial charge in [0.1, 0.15) is 0 Å². The Hall–Kier alpha value is -1.51. The molecule has 3 nitrogen and oxygen atoms in total. The van der Waals surface area contributed by atoms with Crippen LogP contribution in [0.2, 0.25) is 0 Å². The van der Waals surface area contributed by atoms with E-state index in [-0.39, 0.29) is 0 Å². The van der Waals surface area contributed by atoms with Crippen LogP contribution in [0.4, 0.5) is 0 Å². The van der Waals surface area contributed by atoms with E-state index in [1.807, 2.05) is 12.1 Å². The smallest absolute Gasteiger partial charge is 0.329 e. The molecule has 0 atom stereocenters. The van der Waals surface area contributed by atoms with Crippen LogP contribution in [0.1, 0.15) is 0 Å². The van der Waals surface area contributed by atoms with E-state index in [4.69, 9.17) is 5.11 Å². The summed E-state index contributed by atoms with van der Waals surface area (Å²) < 4.78 is 1.66. The molecule has 0 aliphatic rings. The number of carbonyl (C=O) groups is 1. The molecule has 1 aromatic rings. The van der Waals surface area contributed by atoms with Gasteiger partial charge in [-0.25, -0.2) is 4.79 Å². The summed E-state index contributed by atoms with van der Waals surface area (Å²) in [7, 11) is 0. The Kier molecular flexibility index (Phi) is 1.89. The summed E-state index contributed by atoms with van der Waals surface area (Å²) >= 11 is 0. The first kappa shape index (κ1) is 6.61. The van der Waals surface area contributed by atoms with Gasteiger partial charge in [0.25, 0.3) is 0 Å². The second-order valence-corrected chi connectivity index (χ2v) is 1.78. The Morgan fingerprint density at radius 1 is 1.40 bits per heavy atom. The first-order chi connectivity index (χ1) is 4.79. The largest absolute Gasteiger partial charge is 0.478 e. The van der Waals surface area contributed by atoms with E-state index in [9.17, 15) is 4.79 Å². The van der Waals surface area contributed by atoms with Gasteiger partial charge in [0.15, 0.2) is 0 Å². The van der Waals surface area contributed by atoms with Crippen molar-refractivity contribution in [2.24, 2.45) is 0 Å². The van der Waals surface area contributed by atoms with Crippen LogP contribution in [-0.2, 0) is 4.79 Å². The van der Waals surface area contributed by atoms with E-state index >= 15 is 0 Å². The maximum absolute atomic E-state index is 9.99. The van der Waals surface area contributed by atoms with E-state index in [2.05, 4.69) is 0 Å². The zero-order valence-electron chi connectivity index (χ0n) is 5.27. The summed E-state index contributed by atoms with van der Waals surface area (Å²) in [4.78, 5) is 9.99. The summed E-state index contributed by atoms with van der Waals surface area (Å²) in [6.07, 6.45) is 6.08. The maximum atomic E-state index is 9.99. The molecule has 0 saturated carbocycles. The fourth-order valence-electron chi connectivity index (χ4n) is 0.597. The molecule has 0 fully saturated rings. The van der Waals surface area contributed by atoms with Crippen molar-refractivity contribution in [3.05, 3.63) is 30.6 Å². The topological polar surface area (TPSA) is 42.2 Å². The van der Waals surface area contributed by atoms with Crippen molar-refractivity contribution in [3.63, 3.8) is 0 Å². The van der Waals surface area contributed by atoms with E-state index in [0.717, 1.165) is 6.08 Å². The lowest BCUT2D eigenvalue weighted by Gasteiger charge is -1.86. The molecule has 52 valence electrons. The number of rotatable bonds is 2. The summed E-state index contributed by atoms with van der Waals surface area (Å²) in [5.41, 5.74) is 0. The van der Waals surface area contributed by atoms with Crippen LogP contribution in [0.3, 0.4) is 0 Å². The fourth-order valence-corrected chi connectivity index (χ4v) is 0.597. The third kappa shape index (κ3) is 1.78. The average Bonchev–Trinajstić information content (AvgIpc) is 2.34. The lowest BCUT2D eigenvalue weighted by molar-refractivity contribution is -0.131. The van der Waals surface area contributed by atoms with Gasteiger partial charge in [0.2, 0.25) is 0 Å². The minimum atomic E-state index is -0.936. The molecular weight excluding hydrogens is 130 g/mol. The van der Waals surface area contributed by atoms with Gasteiger partial charge >= 0.3 is 5.97 Å². The predicted molar refractivity (Wildman–Crippen MR) is 37.4 cm³/mol. The number of carboxylic acids is 1. The van der Waals surface area contributed by atoms with Gasteiger partial charge in [-0.05, 0) is 12.1 Å². The van der Waals surface area contributed by atoms with Gasteiger partial charge in [0.05, 0.1) is 0 Å². The van der Waals surface area contributed by atoms with E-state index < -0.39 is 5.97 Å². The van der Waals surface area contributed by atoms with Crippen LogP contribution < -0.4 is 0 Å². The lowest BCUT2D eigenvalue weighted by Crippen LogP contribution is -1.87. The highest BCUT2D eigenvalue weighted by atomic mass is 16.4. The molecule has 0 unspecified atom stereocenters. The van der Waals surface area contributed by atoms with E-state index in [1.165, 1.54) is 6.20 Å². The Labute approximate surface area is 58.2 Å². The third-order valence-corrected chi connectivity index (χ3v) is 1.02. The molecule has 1 N–H and O–H groups in total. The van der Waals surface area contributed by atoms with Crippen molar-refractivity contribution in [2.75, 3.05) is 0 Å². The summed E-state index contributed by atoms with van der Waals surface area (Å²) in [6.45, 7) is 0. The van der Waals surface area contributed by atoms with E-state index in [0.29, 0.717) is 0 Å². The third-order valence-electron chi connectivity index (χ3n) is 1.02. The molecule has 0 saturated heterocycles. The lowest BCUT2D eigenvalue weighted by atomic mass is 10.6. The highest BCUT2D eigenvalue weighted by Crippen LogP contribution is 1.89. The van der Waals surface area contributed by atoms with Crippen molar-refractivity contribution in [1.29, 1.82) is 0 Å². The van der Waals surface area contributed by atoms with Crippen molar-refractivity contribution < 1.29 is 9.90 Å².